The number of benzene rings is 1. The number of nitrogens with zero attached hydrogens (tertiary/aromatic N) is 1. The molecule has 19 heavy (non-hydrogen) atoms. The molecule has 0 aromatic heterocycles. The van der Waals surface area contributed by atoms with Gasteiger partial charge in [-0.1, -0.05) is 30.9 Å². The van der Waals surface area contributed by atoms with Crippen LogP contribution < -0.4 is 5.32 Å². The number of carboxylic acids is 1. The Morgan fingerprint density at radius 2 is 2.05 bits per heavy atom. The molecule has 0 bridgehead atoms. The molecular formula is C14H15ClN2O2. The summed E-state index contributed by atoms with van der Waals surface area (Å²) in [5.74, 6) is -0.856. The van der Waals surface area contributed by atoms with Gasteiger partial charge in [-0.15, -0.1) is 0 Å². The smallest absolute Gasteiger partial charge is 0.329 e. The highest BCUT2D eigenvalue weighted by atomic mass is 35.5. The van der Waals surface area contributed by atoms with Gasteiger partial charge in [0.15, 0.2) is 0 Å². The van der Waals surface area contributed by atoms with Crippen molar-refractivity contribution in [3.8, 4) is 6.07 Å². The molecule has 0 radical (unpaired) electrons. The Morgan fingerprint density at radius 1 is 1.37 bits per heavy atom. The first-order valence-electron chi connectivity index (χ1n) is 6.29. The number of aliphatic carboxylic acids is 1. The molecule has 0 heterocycles. The lowest BCUT2D eigenvalue weighted by Crippen LogP contribution is -2.48. The Morgan fingerprint density at radius 3 is 2.63 bits per heavy atom. The van der Waals surface area contributed by atoms with Crippen LogP contribution >= 0.6 is 11.6 Å². The highest BCUT2D eigenvalue weighted by Gasteiger charge is 2.39. The molecule has 100 valence electrons. The van der Waals surface area contributed by atoms with Crippen molar-refractivity contribution < 1.29 is 9.90 Å². The zero-order chi connectivity index (χ0) is 13.9. The minimum Gasteiger partial charge on any atom is -0.480 e. The lowest BCUT2D eigenvalue weighted by Gasteiger charge is -2.35. The molecule has 1 aromatic rings. The molecule has 1 aliphatic carbocycles. The number of nitriles is 1. The molecule has 0 aliphatic heterocycles. The summed E-state index contributed by atoms with van der Waals surface area (Å²) in [5.41, 5.74) is -0.0487. The highest BCUT2D eigenvalue weighted by molar-refractivity contribution is 6.30. The lowest BCUT2D eigenvalue weighted by atomic mass is 9.81. The van der Waals surface area contributed by atoms with Crippen molar-refractivity contribution in [3.63, 3.8) is 0 Å². The summed E-state index contributed by atoms with van der Waals surface area (Å²) in [5, 5.41) is 22.1. The average Bonchev–Trinajstić information content (AvgIpc) is 2.41. The second kappa shape index (κ2) is 5.50. The molecule has 1 fully saturated rings. The number of carboxylic acid groups (broad SMARTS) is 1. The van der Waals surface area contributed by atoms with Crippen LogP contribution in [0.2, 0.25) is 5.02 Å². The monoisotopic (exact) mass is 278 g/mol. The Hall–Kier alpha value is -1.73. The van der Waals surface area contributed by atoms with Crippen LogP contribution in [0.1, 0.15) is 37.7 Å². The molecule has 2 N–H and O–H groups in total. The Labute approximate surface area is 117 Å². The first-order chi connectivity index (χ1) is 9.07. The average molecular weight is 279 g/mol. The van der Waals surface area contributed by atoms with E-state index >= 15 is 0 Å². The van der Waals surface area contributed by atoms with Gasteiger partial charge >= 0.3 is 5.97 Å². The third kappa shape index (κ3) is 2.82. The van der Waals surface area contributed by atoms with Crippen LogP contribution in [0.15, 0.2) is 18.2 Å². The van der Waals surface area contributed by atoms with Crippen LogP contribution in [0.4, 0.5) is 5.69 Å². The second-order valence-corrected chi connectivity index (χ2v) is 5.31. The fraction of sp³-hybridized carbons (Fsp3) is 0.429. The fourth-order valence-electron chi connectivity index (χ4n) is 2.52. The maximum Gasteiger partial charge on any atom is 0.329 e. The molecule has 5 heteroatoms. The molecule has 1 saturated carbocycles. The van der Waals surface area contributed by atoms with E-state index in [4.69, 9.17) is 16.9 Å². The second-order valence-electron chi connectivity index (χ2n) is 4.87. The standard InChI is InChI=1S/C14H15ClN2O2/c15-11-4-5-12(10(8-11)9-16)17-14(13(18)19)6-2-1-3-7-14/h4-5,8,17H,1-3,6-7H2,(H,18,19). The fourth-order valence-corrected chi connectivity index (χ4v) is 2.70. The lowest BCUT2D eigenvalue weighted by molar-refractivity contribution is -0.143. The predicted molar refractivity (Wildman–Crippen MR) is 73.2 cm³/mol. The third-order valence-corrected chi connectivity index (χ3v) is 3.83. The van der Waals surface area contributed by atoms with E-state index in [1.165, 1.54) is 0 Å². The molecule has 2 rings (SSSR count). The van der Waals surface area contributed by atoms with Gasteiger partial charge in [0.1, 0.15) is 11.6 Å². The van der Waals surface area contributed by atoms with Crippen molar-refractivity contribution in [2.24, 2.45) is 0 Å². The van der Waals surface area contributed by atoms with E-state index in [0.29, 0.717) is 29.1 Å². The Balaban J connectivity index is 2.32. The Bertz CT molecular complexity index is 531. The van der Waals surface area contributed by atoms with Gasteiger partial charge in [-0.25, -0.2) is 4.79 Å². The summed E-state index contributed by atoms with van der Waals surface area (Å²) in [4.78, 5) is 11.6. The third-order valence-electron chi connectivity index (χ3n) is 3.59. The van der Waals surface area contributed by atoms with Crippen molar-refractivity contribution >= 4 is 23.3 Å². The van der Waals surface area contributed by atoms with Crippen molar-refractivity contribution in [1.29, 1.82) is 5.26 Å². The van der Waals surface area contributed by atoms with Crippen LogP contribution in [0.3, 0.4) is 0 Å². The van der Waals surface area contributed by atoms with Gasteiger partial charge in [0.05, 0.1) is 11.3 Å². The van der Waals surface area contributed by atoms with Gasteiger partial charge in [-0.3, -0.25) is 0 Å². The normalized spacial score (nSPS) is 17.5. The summed E-state index contributed by atoms with van der Waals surface area (Å²) >= 11 is 5.84. The summed E-state index contributed by atoms with van der Waals surface area (Å²) < 4.78 is 0. The van der Waals surface area contributed by atoms with Gasteiger partial charge in [0.2, 0.25) is 0 Å². The number of carbonyl (C=O) groups is 1. The number of halogens is 1. The van der Waals surface area contributed by atoms with E-state index in [0.717, 1.165) is 19.3 Å². The predicted octanol–water partition coefficient (Wildman–Crippen LogP) is 3.41. The SMILES string of the molecule is N#Cc1cc(Cl)ccc1NC1(C(=O)O)CCCCC1. The van der Waals surface area contributed by atoms with E-state index < -0.39 is 11.5 Å². The number of rotatable bonds is 3. The first-order valence-corrected chi connectivity index (χ1v) is 6.66. The number of nitrogens with one attached hydrogen (secondary N) is 1. The van der Waals surface area contributed by atoms with Gasteiger partial charge in [0.25, 0.3) is 0 Å². The molecule has 1 aliphatic rings. The Kier molecular flexibility index (Phi) is 3.96. The topological polar surface area (TPSA) is 73.1 Å². The summed E-state index contributed by atoms with van der Waals surface area (Å²) in [6, 6.07) is 6.91. The van der Waals surface area contributed by atoms with E-state index in [1.807, 2.05) is 6.07 Å². The van der Waals surface area contributed by atoms with Gasteiger partial charge < -0.3 is 10.4 Å². The molecule has 1 aromatic carbocycles. The highest BCUT2D eigenvalue weighted by Crippen LogP contribution is 2.33. The van der Waals surface area contributed by atoms with Crippen molar-refractivity contribution in [2.45, 2.75) is 37.6 Å². The molecule has 0 amide bonds. The maximum atomic E-state index is 11.6. The summed E-state index contributed by atoms with van der Waals surface area (Å²) in [6.45, 7) is 0. The van der Waals surface area contributed by atoms with E-state index in [-0.39, 0.29) is 0 Å². The minimum atomic E-state index is -0.961. The number of hydrogen-bond donors (Lipinski definition) is 2. The molecule has 0 saturated heterocycles. The maximum absolute atomic E-state index is 11.6. The van der Waals surface area contributed by atoms with Gasteiger partial charge in [0, 0.05) is 5.02 Å². The van der Waals surface area contributed by atoms with Gasteiger partial charge in [-0.2, -0.15) is 5.26 Å². The number of anilines is 1. The number of hydrogen-bond acceptors (Lipinski definition) is 3. The molecule has 0 atom stereocenters. The zero-order valence-electron chi connectivity index (χ0n) is 10.4. The van der Waals surface area contributed by atoms with Crippen LogP contribution in [-0.4, -0.2) is 16.6 Å². The largest absolute Gasteiger partial charge is 0.480 e. The zero-order valence-corrected chi connectivity index (χ0v) is 11.2. The van der Waals surface area contributed by atoms with Crippen molar-refractivity contribution in [3.05, 3.63) is 28.8 Å². The van der Waals surface area contributed by atoms with Crippen LogP contribution in [0.25, 0.3) is 0 Å². The van der Waals surface area contributed by atoms with Crippen LogP contribution in [0, 0.1) is 11.3 Å². The summed E-state index contributed by atoms with van der Waals surface area (Å²) in [6.07, 6.45) is 3.98. The molecule has 4 nitrogen and oxygen atoms in total. The summed E-state index contributed by atoms with van der Waals surface area (Å²) in [7, 11) is 0. The van der Waals surface area contributed by atoms with Crippen LogP contribution in [-0.2, 0) is 4.79 Å². The van der Waals surface area contributed by atoms with E-state index in [1.54, 1.807) is 18.2 Å². The van der Waals surface area contributed by atoms with E-state index in [2.05, 4.69) is 5.32 Å². The molecular weight excluding hydrogens is 264 g/mol. The van der Waals surface area contributed by atoms with Crippen LogP contribution in [0.5, 0.6) is 0 Å². The van der Waals surface area contributed by atoms with Crippen molar-refractivity contribution in [2.75, 3.05) is 5.32 Å². The van der Waals surface area contributed by atoms with Gasteiger partial charge in [-0.05, 0) is 31.0 Å². The van der Waals surface area contributed by atoms with E-state index in [9.17, 15) is 9.90 Å². The molecule has 0 unspecified atom stereocenters. The first kappa shape index (κ1) is 13.7. The molecule has 0 spiro atoms. The van der Waals surface area contributed by atoms with Crippen molar-refractivity contribution in [1.82, 2.24) is 0 Å². The minimum absolute atomic E-state index is 0.374. The quantitative estimate of drug-likeness (QED) is 0.888.